The average molecular weight is 274 g/mol. The maximum atomic E-state index is 12.2. The predicted octanol–water partition coefficient (Wildman–Crippen LogP) is 1.25. The van der Waals surface area contributed by atoms with Gasteiger partial charge >= 0.3 is 0 Å². The molecule has 108 valence electrons. The van der Waals surface area contributed by atoms with Crippen LogP contribution >= 0.6 is 0 Å². The van der Waals surface area contributed by atoms with E-state index < -0.39 is 6.10 Å². The molecule has 1 amide bonds. The first kappa shape index (κ1) is 13.6. The maximum Gasteiger partial charge on any atom is 0.234 e. The molecule has 1 aromatic rings. The average Bonchev–Trinajstić information content (AvgIpc) is 2.95. The van der Waals surface area contributed by atoms with Gasteiger partial charge in [-0.2, -0.15) is 0 Å². The number of aliphatic hydroxyl groups excluding tert-OH is 1. The SMILES string of the molecule is CC1CCCN1CC(=O)NC1c2ccccc2CC1O. The summed E-state index contributed by atoms with van der Waals surface area (Å²) in [6, 6.07) is 8.18. The number of aliphatic hydroxyl groups is 1. The number of rotatable bonds is 3. The molecule has 1 fully saturated rings. The van der Waals surface area contributed by atoms with Crippen molar-refractivity contribution < 1.29 is 9.90 Å². The molecule has 1 heterocycles. The quantitative estimate of drug-likeness (QED) is 0.872. The van der Waals surface area contributed by atoms with Crippen LogP contribution in [0.3, 0.4) is 0 Å². The first-order valence-electron chi connectivity index (χ1n) is 7.44. The molecule has 2 N–H and O–H groups in total. The Hall–Kier alpha value is -1.39. The second-order valence-electron chi connectivity index (χ2n) is 5.98. The van der Waals surface area contributed by atoms with Crippen LogP contribution in [0.5, 0.6) is 0 Å². The van der Waals surface area contributed by atoms with Gasteiger partial charge < -0.3 is 10.4 Å². The number of fused-ring (bicyclic) bond motifs is 1. The van der Waals surface area contributed by atoms with Crippen molar-refractivity contribution in [2.75, 3.05) is 13.1 Å². The van der Waals surface area contributed by atoms with Gasteiger partial charge in [-0.25, -0.2) is 0 Å². The number of likely N-dealkylation sites (tertiary alicyclic amines) is 1. The molecule has 1 aliphatic heterocycles. The molecule has 3 atom stereocenters. The van der Waals surface area contributed by atoms with Crippen molar-refractivity contribution in [3.63, 3.8) is 0 Å². The first-order chi connectivity index (χ1) is 9.65. The topological polar surface area (TPSA) is 52.6 Å². The van der Waals surface area contributed by atoms with Gasteiger partial charge in [0.05, 0.1) is 18.7 Å². The first-order valence-corrected chi connectivity index (χ1v) is 7.44. The highest BCUT2D eigenvalue weighted by atomic mass is 16.3. The van der Waals surface area contributed by atoms with Gasteiger partial charge in [-0.1, -0.05) is 24.3 Å². The third-order valence-electron chi connectivity index (χ3n) is 4.56. The number of benzene rings is 1. The Bertz CT molecular complexity index is 503. The monoisotopic (exact) mass is 274 g/mol. The van der Waals surface area contributed by atoms with Gasteiger partial charge in [0.2, 0.25) is 5.91 Å². The molecule has 1 aromatic carbocycles. The molecule has 0 radical (unpaired) electrons. The zero-order valence-corrected chi connectivity index (χ0v) is 11.9. The zero-order chi connectivity index (χ0) is 14.1. The summed E-state index contributed by atoms with van der Waals surface area (Å²) < 4.78 is 0. The van der Waals surface area contributed by atoms with E-state index in [9.17, 15) is 9.90 Å². The Labute approximate surface area is 119 Å². The minimum absolute atomic E-state index is 0.0134. The number of nitrogens with one attached hydrogen (secondary N) is 1. The molecule has 0 saturated carbocycles. The molecular weight excluding hydrogens is 252 g/mol. The number of hydrogen-bond donors (Lipinski definition) is 2. The molecule has 0 spiro atoms. The summed E-state index contributed by atoms with van der Waals surface area (Å²) in [4.78, 5) is 14.4. The fraction of sp³-hybridized carbons (Fsp3) is 0.562. The van der Waals surface area contributed by atoms with E-state index in [1.807, 2.05) is 24.3 Å². The molecular formula is C16H22N2O2. The number of nitrogens with zero attached hydrogens (tertiary/aromatic N) is 1. The van der Waals surface area contributed by atoms with Crippen LogP contribution in [0.15, 0.2) is 24.3 Å². The molecule has 0 bridgehead atoms. The molecule has 0 aromatic heterocycles. The van der Waals surface area contributed by atoms with E-state index >= 15 is 0 Å². The van der Waals surface area contributed by atoms with E-state index in [1.165, 1.54) is 12.8 Å². The lowest BCUT2D eigenvalue weighted by Gasteiger charge is -2.23. The summed E-state index contributed by atoms with van der Waals surface area (Å²) in [7, 11) is 0. The fourth-order valence-electron chi connectivity index (χ4n) is 3.38. The number of hydrogen-bond acceptors (Lipinski definition) is 3. The molecule has 4 nitrogen and oxygen atoms in total. The van der Waals surface area contributed by atoms with Gasteiger partial charge in [-0.3, -0.25) is 9.69 Å². The maximum absolute atomic E-state index is 12.2. The molecule has 4 heteroatoms. The van der Waals surface area contributed by atoms with Gasteiger partial charge in [-0.05, 0) is 37.4 Å². The highest BCUT2D eigenvalue weighted by molar-refractivity contribution is 5.79. The second-order valence-corrected chi connectivity index (χ2v) is 5.98. The van der Waals surface area contributed by atoms with Crippen molar-refractivity contribution in [2.24, 2.45) is 0 Å². The minimum atomic E-state index is -0.507. The van der Waals surface area contributed by atoms with Crippen molar-refractivity contribution in [1.29, 1.82) is 0 Å². The van der Waals surface area contributed by atoms with Crippen molar-refractivity contribution in [1.82, 2.24) is 10.2 Å². The molecule has 20 heavy (non-hydrogen) atoms. The summed E-state index contributed by atoms with van der Waals surface area (Å²) in [6.45, 7) is 3.60. The normalized spacial score (nSPS) is 29.4. The molecule has 1 aliphatic carbocycles. The van der Waals surface area contributed by atoms with Crippen molar-refractivity contribution in [3.8, 4) is 0 Å². The van der Waals surface area contributed by atoms with Crippen LogP contribution in [0.25, 0.3) is 0 Å². The Morgan fingerprint density at radius 3 is 3.00 bits per heavy atom. The van der Waals surface area contributed by atoms with Crippen molar-refractivity contribution in [2.45, 2.75) is 44.4 Å². The largest absolute Gasteiger partial charge is 0.390 e. The van der Waals surface area contributed by atoms with E-state index in [4.69, 9.17) is 0 Å². The molecule has 3 unspecified atom stereocenters. The third kappa shape index (κ3) is 2.58. The Kier molecular flexibility index (Phi) is 3.76. The van der Waals surface area contributed by atoms with Crippen molar-refractivity contribution in [3.05, 3.63) is 35.4 Å². The Balaban J connectivity index is 1.64. The summed E-state index contributed by atoms with van der Waals surface area (Å²) in [5, 5.41) is 13.1. The van der Waals surface area contributed by atoms with E-state index in [0.29, 0.717) is 19.0 Å². The standard InChI is InChI=1S/C16H22N2O2/c1-11-5-4-8-18(11)10-15(20)17-16-13-7-3-2-6-12(13)9-14(16)19/h2-3,6-7,11,14,16,19H,4-5,8-10H2,1H3,(H,17,20). The second kappa shape index (κ2) is 5.54. The minimum Gasteiger partial charge on any atom is -0.390 e. The van der Waals surface area contributed by atoms with Crippen LogP contribution in [0.2, 0.25) is 0 Å². The molecule has 2 aliphatic rings. The van der Waals surface area contributed by atoms with Gasteiger partial charge in [-0.15, -0.1) is 0 Å². The van der Waals surface area contributed by atoms with Gasteiger partial charge in [0.25, 0.3) is 0 Å². The Morgan fingerprint density at radius 1 is 1.45 bits per heavy atom. The van der Waals surface area contributed by atoms with E-state index in [2.05, 4.69) is 17.1 Å². The highest BCUT2D eigenvalue weighted by Gasteiger charge is 2.32. The van der Waals surface area contributed by atoms with E-state index in [-0.39, 0.29) is 11.9 Å². The van der Waals surface area contributed by atoms with Gasteiger partial charge in [0.15, 0.2) is 0 Å². The van der Waals surface area contributed by atoms with Crippen LogP contribution < -0.4 is 5.32 Å². The lowest BCUT2D eigenvalue weighted by atomic mass is 10.1. The Morgan fingerprint density at radius 2 is 2.25 bits per heavy atom. The third-order valence-corrected chi connectivity index (χ3v) is 4.56. The number of carbonyl (C=O) groups is 1. The molecule has 3 rings (SSSR count). The van der Waals surface area contributed by atoms with Crippen LogP contribution in [-0.4, -0.2) is 41.1 Å². The zero-order valence-electron chi connectivity index (χ0n) is 11.9. The van der Waals surface area contributed by atoms with Crippen LogP contribution in [0.4, 0.5) is 0 Å². The van der Waals surface area contributed by atoms with Crippen LogP contribution in [0, 0.1) is 0 Å². The fourth-order valence-corrected chi connectivity index (χ4v) is 3.38. The number of carbonyl (C=O) groups excluding carboxylic acids is 1. The summed E-state index contributed by atoms with van der Waals surface area (Å²) in [5.74, 6) is 0.0134. The van der Waals surface area contributed by atoms with Gasteiger partial charge in [0, 0.05) is 12.5 Å². The summed E-state index contributed by atoms with van der Waals surface area (Å²) in [6.07, 6.45) is 2.46. The lowest BCUT2D eigenvalue weighted by Crippen LogP contribution is -2.42. The molecule has 1 saturated heterocycles. The summed E-state index contributed by atoms with van der Waals surface area (Å²) in [5.41, 5.74) is 2.20. The van der Waals surface area contributed by atoms with Crippen LogP contribution in [-0.2, 0) is 11.2 Å². The van der Waals surface area contributed by atoms with E-state index in [0.717, 1.165) is 17.7 Å². The summed E-state index contributed by atoms with van der Waals surface area (Å²) >= 11 is 0. The number of amides is 1. The van der Waals surface area contributed by atoms with Crippen LogP contribution in [0.1, 0.15) is 36.9 Å². The van der Waals surface area contributed by atoms with Crippen molar-refractivity contribution >= 4 is 5.91 Å². The lowest BCUT2D eigenvalue weighted by molar-refractivity contribution is -0.123. The smallest absolute Gasteiger partial charge is 0.234 e. The highest BCUT2D eigenvalue weighted by Crippen LogP contribution is 2.31. The predicted molar refractivity (Wildman–Crippen MR) is 77.3 cm³/mol. The van der Waals surface area contributed by atoms with Gasteiger partial charge in [0.1, 0.15) is 0 Å². The van der Waals surface area contributed by atoms with E-state index in [1.54, 1.807) is 0 Å².